The quantitative estimate of drug-likeness (QED) is 0.156. The van der Waals surface area contributed by atoms with E-state index >= 15 is 0 Å². The van der Waals surface area contributed by atoms with Crippen LogP contribution in [0.4, 0.5) is 0 Å². The second-order valence-corrected chi connectivity index (χ2v) is 11.4. The zero-order chi connectivity index (χ0) is 39.1. The summed E-state index contributed by atoms with van der Waals surface area (Å²) in [6.07, 6.45) is -8.25. The Labute approximate surface area is 300 Å². The van der Waals surface area contributed by atoms with E-state index in [1.807, 2.05) is 0 Å². The average molecular weight is 743 g/mol. The van der Waals surface area contributed by atoms with Crippen molar-refractivity contribution in [2.45, 2.75) is 79.2 Å². The molecule has 0 spiro atoms. The number of rotatable bonds is 11. The molecule has 1 aromatic heterocycles. The Morgan fingerprint density at radius 1 is 0.623 bits per heavy atom. The highest BCUT2D eigenvalue weighted by Gasteiger charge is 2.54. The molecule has 0 N–H and O–H groups in total. The van der Waals surface area contributed by atoms with Crippen LogP contribution in [0.1, 0.15) is 48.5 Å². The lowest BCUT2D eigenvalue weighted by Crippen LogP contribution is -2.63. The van der Waals surface area contributed by atoms with Gasteiger partial charge in [-0.15, -0.1) is 0 Å². The third kappa shape index (κ3) is 10.2. The van der Waals surface area contributed by atoms with Gasteiger partial charge in [0.2, 0.25) is 23.6 Å². The second kappa shape index (κ2) is 16.8. The van der Waals surface area contributed by atoms with E-state index in [-0.39, 0.29) is 33.8 Å². The molecule has 53 heavy (non-hydrogen) atoms. The largest absolute Gasteiger partial charge is 0.463 e. The summed E-state index contributed by atoms with van der Waals surface area (Å²) in [5.74, 6) is -7.11. The van der Waals surface area contributed by atoms with E-state index in [1.54, 1.807) is 0 Å². The molecule has 1 aliphatic heterocycles. The molecular formula is C35H34O18. The van der Waals surface area contributed by atoms with Gasteiger partial charge in [-0.05, 0) is 24.3 Å². The summed E-state index contributed by atoms with van der Waals surface area (Å²) in [5, 5.41) is -0.378. The highest BCUT2D eigenvalue weighted by Crippen LogP contribution is 2.39. The van der Waals surface area contributed by atoms with Crippen molar-refractivity contribution in [2.24, 2.45) is 0 Å². The molecular weight excluding hydrogens is 708 g/mol. The molecule has 0 radical (unpaired) electrons. The van der Waals surface area contributed by atoms with E-state index in [0.717, 1.165) is 47.6 Å². The summed E-state index contributed by atoms with van der Waals surface area (Å²) in [6.45, 7) is 6.95. The maximum Gasteiger partial charge on any atom is 0.308 e. The van der Waals surface area contributed by atoms with Crippen LogP contribution < -0.4 is 24.4 Å². The van der Waals surface area contributed by atoms with Crippen LogP contribution >= 0.6 is 0 Å². The van der Waals surface area contributed by atoms with E-state index < -0.39 is 96.0 Å². The van der Waals surface area contributed by atoms with Crippen molar-refractivity contribution in [3.63, 3.8) is 0 Å². The third-order valence-corrected chi connectivity index (χ3v) is 6.97. The van der Waals surface area contributed by atoms with Crippen molar-refractivity contribution >= 4 is 52.8 Å². The molecule has 0 bridgehead atoms. The molecule has 2 aromatic carbocycles. The van der Waals surface area contributed by atoms with Gasteiger partial charge in [0.15, 0.2) is 18.0 Å². The Kier molecular flexibility index (Phi) is 12.5. The smallest absolute Gasteiger partial charge is 0.308 e. The maximum absolute atomic E-state index is 14.5. The molecule has 5 atom stereocenters. The van der Waals surface area contributed by atoms with Crippen LogP contribution in [0.25, 0.3) is 22.3 Å². The zero-order valence-electron chi connectivity index (χ0n) is 29.4. The first kappa shape index (κ1) is 39.5. The molecule has 1 fully saturated rings. The number of carbonyl (C=O) groups is 7. The lowest BCUT2D eigenvalue weighted by molar-refractivity contribution is -0.288. The number of benzene rings is 2. The Morgan fingerprint density at radius 2 is 1.17 bits per heavy atom. The maximum atomic E-state index is 14.5. The zero-order valence-corrected chi connectivity index (χ0v) is 29.4. The van der Waals surface area contributed by atoms with Gasteiger partial charge in [0.1, 0.15) is 40.9 Å². The number of esters is 7. The fraction of sp³-hybridized carbons (Fsp3) is 0.371. The van der Waals surface area contributed by atoms with Gasteiger partial charge in [0.05, 0.1) is 0 Å². The lowest BCUT2D eigenvalue weighted by Gasteiger charge is -2.43. The number of hydrogen-bond acceptors (Lipinski definition) is 18. The van der Waals surface area contributed by atoms with Crippen LogP contribution in [0.15, 0.2) is 45.6 Å². The number of hydrogen-bond donors (Lipinski definition) is 0. The number of carbonyl (C=O) groups excluding carboxylic acids is 7. The predicted molar refractivity (Wildman–Crippen MR) is 174 cm³/mol. The molecule has 1 aliphatic rings. The fourth-order valence-corrected chi connectivity index (χ4v) is 5.24. The fourth-order valence-electron chi connectivity index (χ4n) is 5.24. The Bertz CT molecular complexity index is 1990. The van der Waals surface area contributed by atoms with Crippen molar-refractivity contribution in [1.82, 2.24) is 0 Å². The van der Waals surface area contributed by atoms with Gasteiger partial charge in [0.25, 0.3) is 0 Å². The third-order valence-electron chi connectivity index (χ3n) is 6.97. The van der Waals surface area contributed by atoms with Crippen LogP contribution in [-0.2, 0) is 57.2 Å². The van der Waals surface area contributed by atoms with Gasteiger partial charge < -0.3 is 47.0 Å². The first-order valence-electron chi connectivity index (χ1n) is 15.7. The minimum Gasteiger partial charge on any atom is -0.463 e. The molecule has 18 heteroatoms. The molecule has 0 unspecified atom stereocenters. The van der Waals surface area contributed by atoms with Crippen molar-refractivity contribution in [3.05, 3.63) is 46.6 Å². The summed E-state index contributed by atoms with van der Waals surface area (Å²) in [5.41, 5.74) is -1.12. The highest BCUT2D eigenvalue weighted by molar-refractivity contribution is 5.91. The van der Waals surface area contributed by atoms with Crippen LogP contribution in [0, 0.1) is 0 Å². The van der Waals surface area contributed by atoms with Crippen LogP contribution in [0.3, 0.4) is 0 Å². The summed E-state index contributed by atoms with van der Waals surface area (Å²) in [4.78, 5) is 98.6. The summed E-state index contributed by atoms with van der Waals surface area (Å²) >= 11 is 0. The van der Waals surface area contributed by atoms with Crippen molar-refractivity contribution in [3.8, 4) is 34.3 Å². The summed E-state index contributed by atoms with van der Waals surface area (Å²) < 4.78 is 55.3. The number of ether oxygens (including phenoxy) is 9. The molecule has 282 valence electrons. The van der Waals surface area contributed by atoms with E-state index in [0.29, 0.717) is 0 Å². The first-order valence-corrected chi connectivity index (χ1v) is 15.7. The SMILES string of the molecule is CC(=O)OC[C@H]1O[C@@H](Oc2c(-c3ccc(OC(C)=O)cc3)oc3cc(OC(C)=O)cc(OC(C)=O)c3c2=O)[C@H](OC(C)=O)[C@@H](OC(C)=O)[C@@H]1OC(C)=O. The average Bonchev–Trinajstić information content (AvgIpc) is 3.02. The minimum atomic E-state index is -1.88. The van der Waals surface area contributed by atoms with E-state index in [9.17, 15) is 38.4 Å². The standard InChI is InChI=1S/C35H34O18/c1-15(36)44-14-27-31(48-19(5)40)33(49-20(6)41)34(50-21(7)42)35(52-27)53-32-29(43)28-25(47-18(4)39)12-24(46-17(3)38)13-26(28)51-30(32)22-8-10-23(11-9-22)45-16(2)37/h8-13,27,31,33-35H,14H2,1-7H3/t27-,31-,33+,34-,35+/m1/s1. The van der Waals surface area contributed by atoms with Gasteiger partial charge in [-0.25, -0.2) is 0 Å². The molecule has 0 amide bonds. The van der Waals surface area contributed by atoms with Crippen molar-refractivity contribution < 1.29 is 80.6 Å². The van der Waals surface area contributed by atoms with Crippen LogP contribution in [0.2, 0.25) is 0 Å². The van der Waals surface area contributed by atoms with Crippen LogP contribution in [-0.4, -0.2) is 79.1 Å². The van der Waals surface area contributed by atoms with Crippen LogP contribution in [0.5, 0.6) is 23.0 Å². The lowest BCUT2D eigenvalue weighted by atomic mass is 9.98. The second-order valence-electron chi connectivity index (χ2n) is 11.4. The van der Waals surface area contributed by atoms with Crippen molar-refractivity contribution in [1.29, 1.82) is 0 Å². The molecule has 4 rings (SSSR count). The summed E-state index contributed by atoms with van der Waals surface area (Å²) in [7, 11) is 0. The first-order chi connectivity index (χ1) is 24.9. The van der Waals surface area contributed by atoms with Gasteiger partial charge in [-0.3, -0.25) is 38.4 Å². The monoisotopic (exact) mass is 742 g/mol. The minimum absolute atomic E-state index is 0.126. The Balaban J connectivity index is 2.01. The molecule has 0 aliphatic carbocycles. The normalized spacial score (nSPS) is 19.3. The molecule has 1 saturated heterocycles. The van der Waals surface area contributed by atoms with E-state index in [4.69, 9.17) is 47.0 Å². The van der Waals surface area contributed by atoms with Gasteiger partial charge in [-0.1, -0.05) is 0 Å². The van der Waals surface area contributed by atoms with Gasteiger partial charge in [0, 0.05) is 66.2 Å². The van der Waals surface area contributed by atoms with E-state index in [2.05, 4.69) is 0 Å². The molecule has 18 nitrogen and oxygen atoms in total. The van der Waals surface area contributed by atoms with Gasteiger partial charge in [-0.2, -0.15) is 0 Å². The topological polar surface area (TPSA) is 233 Å². The Morgan fingerprint density at radius 3 is 1.72 bits per heavy atom. The molecule has 2 heterocycles. The predicted octanol–water partition coefficient (Wildman–Crippen LogP) is 2.70. The van der Waals surface area contributed by atoms with Crippen molar-refractivity contribution in [2.75, 3.05) is 6.61 Å². The summed E-state index contributed by atoms with van der Waals surface area (Å²) in [6, 6.07) is 7.81. The molecule has 3 aromatic rings. The number of fused-ring (bicyclic) bond motifs is 1. The van der Waals surface area contributed by atoms with E-state index in [1.165, 1.54) is 37.3 Å². The molecule has 0 saturated carbocycles. The Hall–Kier alpha value is -6.30. The van der Waals surface area contributed by atoms with Gasteiger partial charge >= 0.3 is 41.8 Å². The highest BCUT2D eigenvalue weighted by atomic mass is 16.7.